The quantitative estimate of drug-likeness (QED) is 0.585. The first-order chi connectivity index (χ1) is 11.8. The molecule has 0 amide bonds. The Bertz CT molecular complexity index is 717. The van der Waals surface area contributed by atoms with Crippen LogP contribution in [0.3, 0.4) is 0 Å². The average molecular weight is 371 g/mol. The molecule has 0 aliphatic carbocycles. The number of sulfone groups is 1. The number of hydrogen-bond acceptors (Lipinski definition) is 6. The first-order valence-corrected chi connectivity index (χ1v) is 10.1. The molecule has 2 aliphatic rings. The van der Waals surface area contributed by atoms with Gasteiger partial charge >= 0.3 is 0 Å². The molecule has 138 valence electrons. The Hall–Kier alpha value is -1.55. The lowest BCUT2D eigenvalue weighted by molar-refractivity contribution is -0.928. The molecule has 2 saturated heterocycles. The van der Waals surface area contributed by atoms with E-state index in [9.17, 15) is 18.5 Å². The molecule has 0 radical (unpaired) electrons. The number of piperidine rings is 1. The van der Waals surface area contributed by atoms with Crippen LogP contribution in [0.2, 0.25) is 0 Å². The maximum absolute atomic E-state index is 12.6. The van der Waals surface area contributed by atoms with Crippen LogP contribution in [0.4, 0.5) is 5.69 Å². The molecular formula is C16H23N2O6S+. The molecule has 1 aromatic rings. The van der Waals surface area contributed by atoms with Crippen molar-refractivity contribution in [2.24, 2.45) is 0 Å². The van der Waals surface area contributed by atoms with Gasteiger partial charge in [-0.15, -0.1) is 0 Å². The van der Waals surface area contributed by atoms with Crippen molar-refractivity contribution < 1.29 is 27.7 Å². The lowest BCUT2D eigenvalue weighted by Crippen LogP contribution is -3.17. The molecule has 2 aliphatic heterocycles. The monoisotopic (exact) mass is 371 g/mol. The van der Waals surface area contributed by atoms with Crippen molar-refractivity contribution in [1.82, 2.24) is 0 Å². The van der Waals surface area contributed by atoms with Crippen molar-refractivity contribution in [3.05, 3.63) is 34.4 Å². The van der Waals surface area contributed by atoms with Gasteiger partial charge < -0.3 is 14.4 Å². The Morgan fingerprint density at radius 1 is 1.20 bits per heavy atom. The molecule has 2 heterocycles. The van der Waals surface area contributed by atoms with Gasteiger partial charge in [0.25, 0.3) is 5.69 Å². The van der Waals surface area contributed by atoms with Crippen LogP contribution in [-0.4, -0.2) is 57.2 Å². The summed E-state index contributed by atoms with van der Waals surface area (Å²) in [5, 5.41) is 10.7. The van der Waals surface area contributed by atoms with E-state index in [1.165, 1.54) is 29.2 Å². The van der Waals surface area contributed by atoms with E-state index < -0.39 is 20.5 Å². The van der Waals surface area contributed by atoms with Crippen LogP contribution in [0.15, 0.2) is 29.2 Å². The Morgan fingerprint density at radius 2 is 1.76 bits per heavy atom. The third-order valence-electron chi connectivity index (χ3n) is 5.04. The number of quaternary nitrogens is 1. The molecule has 0 saturated carbocycles. The van der Waals surface area contributed by atoms with Gasteiger partial charge in [-0.05, 0) is 19.1 Å². The van der Waals surface area contributed by atoms with Crippen LogP contribution in [-0.2, 0) is 19.3 Å². The second-order valence-electron chi connectivity index (χ2n) is 6.70. The molecule has 25 heavy (non-hydrogen) atoms. The highest BCUT2D eigenvalue weighted by atomic mass is 32.2. The zero-order valence-corrected chi connectivity index (χ0v) is 15.0. The highest BCUT2D eigenvalue weighted by molar-refractivity contribution is 7.91. The van der Waals surface area contributed by atoms with Crippen molar-refractivity contribution in [3.63, 3.8) is 0 Å². The van der Waals surface area contributed by atoms with Gasteiger partial charge in [0.2, 0.25) is 0 Å². The van der Waals surface area contributed by atoms with E-state index in [0.29, 0.717) is 13.2 Å². The minimum Gasteiger partial charge on any atom is -0.347 e. The van der Waals surface area contributed by atoms with Gasteiger partial charge in [0, 0.05) is 12.1 Å². The van der Waals surface area contributed by atoms with E-state index in [2.05, 4.69) is 0 Å². The molecule has 8 nitrogen and oxygen atoms in total. The summed E-state index contributed by atoms with van der Waals surface area (Å²) in [4.78, 5) is 11.5. The number of rotatable bonds is 5. The summed E-state index contributed by atoms with van der Waals surface area (Å²) in [5.74, 6) is -0.449. The van der Waals surface area contributed by atoms with Crippen LogP contribution < -0.4 is 4.90 Å². The smallest absolute Gasteiger partial charge is 0.269 e. The van der Waals surface area contributed by atoms with Gasteiger partial charge in [0.05, 0.1) is 55.0 Å². The van der Waals surface area contributed by atoms with E-state index in [1.807, 2.05) is 6.92 Å². The minimum atomic E-state index is -3.48. The second-order valence-corrected chi connectivity index (χ2v) is 8.73. The lowest BCUT2D eigenvalue weighted by atomic mass is 10.0. The summed E-state index contributed by atoms with van der Waals surface area (Å²) in [7, 11) is -3.48. The first kappa shape index (κ1) is 18.2. The summed E-state index contributed by atoms with van der Waals surface area (Å²) < 4.78 is 36.6. The number of likely N-dealkylation sites (tertiary alicyclic amines) is 1. The molecule has 2 fully saturated rings. The number of nitro benzene ring substituents is 1. The van der Waals surface area contributed by atoms with Crippen LogP contribution in [0.25, 0.3) is 0 Å². The van der Waals surface area contributed by atoms with Crippen molar-refractivity contribution in [2.75, 3.05) is 32.1 Å². The molecule has 0 bridgehead atoms. The number of hydrogen-bond donors (Lipinski definition) is 1. The molecule has 9 heteroatoms. The highest BCUT2D eigenvalue weighted by Crippen LogP contribution is 2.27. The van der Waals surface area contributed by atoms with Crippen LogP contribution in [0, 0.1) is 10.1 Å². The van der Waals surface area contributed by atoms with Gasteiger partial charge in [-0.2, -0.15) is 0 Å². The number of nitrogens with zero attached hydrogens (tertiary/aromatic N) is 1. The third kappa shape index (κ3) is 4.00. The fourth-order valence-electron chi connectivity index (χ4n) is 3.55. The first-order valence-electron chi connectivity index (χ1n) is 8.41. The molecule has 0 unspecified atom stereocenters. The molecule has 3 rings (SSSR count). The van der Waals surface area contributed by atoms with Crippen molar-refractivity contribution in [2.45, 2.75) is 36.5 Å². The minimum absolute atomic E-state index is 0.00879. The summed E-state index contributed by atoms with van der Waals surface area (Å²) in [6.45, 7) is 4.78. The van der Waals surface area contributed by atoms with Gasteiger partial charge in [0.1, 0.15) is 5.75 Å². The summed E-state index contributed by atoms with van der Waals surface area (Å²) in [6, 6.07) is 4.99. The van der Waals surface area contributed by atoms with Gasteiger partial charge in [-0.25, -0.2) is 8.42 Å². The SMILES string of the molecule is C[C@H](CS(=O)(=O)c1ccc([N+](=O)[O-])cc1)[NH+]1CCC2(CC1)OCCO2. The van der Waals surface area contributed by atoms with Crippen LogP contribution in [0.1, 0.15) is 19.8 Å². The second kappa shape index (κ2) is 6.99. The number of nitrogens with one attached hydrogen (secondary N) is 1. The van der Waals surface area contributed by atoms with Gasteiger partial charge in [-0.1, -0.05) is 0 Å². The standard InChI is InChI=1S/C16H22N2O6S/c1-13(17-8-6-16(7-9-17)23-10-11-24-16)12-25(21,22)15-4-2-14(3-5-15)18(19)20/h2-5,13H,6-12H2,1H3/p+1/t13-/m1/s1. The van der Waals surface area contributed by atoms with E-state index in [-0.39, 0.29) is 22.4 Å². The predicted molar refractivity (Wildman–Crippen MR) is 89.2 cm³/mol. The highest BCUT2D eigenvalue weighted by Gasteiger charge is 2.43. The van der Waals surface area contributed by atoms with Crippen LogP contribution >= 0.6 is 0 Å². The zero-order valence-electron chi connectivity index (χ0n) is 14.1. The summed E-state index contributed by atoms with van der Waals surface area (Å²) in [5.41, 5.74) is -0.115. The summed E-state index contributed by atoms with van der Waals surface area (Å²) in [6.07, 6.45) is 1.54. The van der Waals surface area contributed by atoms with Crippen LogP contribution in [0.5, 0.6) is 0 Å². The fraction of sp³-hybridized carbons (Fsp3) is 0.625. The normalized spacial score (nSPS) is 22.1. The number of nitro groups is 1. The van der Waals surface area contributed by atoms with Crippen molar-refractivity contribution in [3.8, 4) is 0 Å². The average Bonchev–Trinajstić information content (AvgIpc) is 3.03. The molecule has 1 aromatic carbocycles. The third-order valence-corrected chi connectivity index (χ3v) is 6.97. The lowest BCUT2D eigenvalue weighted by Gasteiger charge is -2.37. The molecule has 1 spiro atoms. The topological polar surface area (TPSA) is 100 Å². The maximum Gasteiger partial charge on any atom is 0.269 e. The van der Waals surface area contributed by atoms with E-state index in [0.717, 1.165) is 25.9 Å². The van der Waals surface area contributed by atoms with Gasteiger partial charge in [-0.3, -0.25) is 10.1 Å². The molecular weight excluding hydrogens is 348 g/mol. The van der Waals surface area contributed by atoms with Gasteiger partial charge in [0.15, 0.2) is 15.6 Å². The Morgan fingerprint density at radius 3 is 2.28 bits per heavy atom. The van der Waals surface area contributed by atoms with Crippen molar-refractivity contribution >= 4 is 15.5 Å². The van der Waals surface area contributed by atoms with E-state index in [4.69, 9.17) is 9.47 Å². The van der Waals surface area contributed by atoms with E-state index >= 15 is 0 Å². The maximum atomic E-state index is 12.6. The number of non-ortho nitro benzene ring substituents is 1. The van der Waals surface area contributed by atoms with Crippen molar-refractivity contribution in [1.29, 1.82) is 0 Å². The Labute approximate surface area is 146 Å². The molecule has 1 atom stereocenters. The Kier molecular flexibility index (Phi) is 5.10. The van der Waals surface area contributed by atoms with E-state index in [1.54, 1.807) is 0 Å². The predicted octanol–water partition coefficient (Wildman–Crippen LogP) is 0.179. The number of benzene rings is 1. The molecule has 1 N–H and O–H groups in total. The fourth-order valence-corrected chi connectivity index (χ4v) is 5.19. The molecule has 0 aromatic heterocycles. The Balaban J connectivity index is 1.61. The summed E-state index contributed by atoms with van der Waals surface area (Å²) >= 11 is 0. The largest absolute Gasteiger partial charge is 0.347 e. The zero-order chi connectivity index (χ0) is 18.1. The number of ether oxygens (including phenoxy) is 2.